The number of fused-ring (bicyclic) bond motifs is 12. The summed E-state index contributed by atoms with van der Waals surface area (Å²) in [6.45, 7) is 0. The molecule has 83 heavy (non-hydrogen) atoms. The van der Waals surface area contributed by atoms with Crippen molar-refractivity contribution in [1.82, 2.24) is 0 Å². The molecule has 0 atom stereocenters. The lowest BCUT2D eigenvalue weighted by molar-refractivity contribution is 1.04. The van der Waals surface area contributed by atoms with Gasteiger partial charge >= 0.3 is 0 Å². The van der Waals surface area contributed by atoms with E-state index in [-0.39, 0.29) is 0 Å². The molecule has 0 heteroatoms. The van der Waals surface area contributed by atoms with Crippen LogP contribution >= 0.6 is 0 Å². The third kappa shape index (κ3) is 12.3. The van der Waals surface area contributed by atoms with Crippen molar-refractivity contribution in [1.29, 1.82) is 0 Å². The van der Waals surface area contributed by atoms with Gasteiger partial charge in [0.25, 0.3) is 0 Å². The average Bonchev–Trinajstić information content (AvgIpc) is 3.75. The maximum atomic E-state index is 2.40. The Morgan fingerprint density at radius 3 is 1.16 bits per heavy atom. The summed E-state index contributed by atoms with van der Waals surface area (Å²) in [7, 11) is 0. The second-order valence-corrected chi connectivity index (χ2v) is 22.8. The monoisotopic (exact) mass is 1070 g/mol. The highest BCUT2D eigenvalue weighted by molar-refractivity contribution is 6.07. The molecule has 0 bridgehead atoms. The summed E-state index contributed by atoms with van der Waals surface area (Å²) in [4.78, 5) is 0. The molecule has 0 N–H and O–H groups in total. The summed E-state index contributed by atoms with van der Waals surface area (Å²) in [6.07, 6.45) is 52.0. The van der Waals surface area contributed by atoms with Crippen LogP contribution in [0.5, 0.6) is 0 Å². The van der Waals surface area contributed by atoms with Crippen LogP contribution in [0.4, 0.5) is 0 Å². The Morgan fingerprint density at radius 1 is 0.229 bits per heavy atom. The lowest BCUT2D eigenvalue weighted by atomic mass is 9.89. The van der Waals surface area contributed by atoms with Gasteiger partial charge in [0, 0.05) is 0 Å². The standard InChI is InChI=1S/2C18H14.C17H14.C14H12.C10H10.C6H8/c1-2-7-15-12-18-16(11-14(15)6-1)10-9-13-5-3-4-8-17(13)18;1-2-6-14-10-18-12-16-8-4-3-7-15(16)11-17(18)9-13(14)5-1;1-2-9-15-13(5-1)11-14-8-3-6-12-7-4-10-16(15)17(12)14;1-2-6-12-10-14-8-4-3-7-13(14)9-11(12)5-1;1-2-6-10-8-4-3-7-9(10)5-1;1-2-4-6-5-3-1/h3-12H,1-2H2;1-2,5-12H,3-4H2;3-6,8-11H,1-2,7H2;1-2,5-10H,3-4H2;1-2,5-8H,3-4H2;1-4H,5-6H2. The Kier molecular flexibility index (Phi) is 16.3. The van der Waals surface area contributed by atoms with Gasteiger partial charge in [-0.2, -0.15) is 0 Å². The summed E-state index contributed by atoms with van der Waals surface area (Å²) in [6, 6.07) is 66.3. The minimum absolute atomic E-state index is 1.08. The largest absolute Gasteiger partial charge is 0.0842 e. The van der Waals surface area contributed by atoms with E-state index in [0.29, 0.717) is 0 Å². The molecule has 0 saturated heterocycles. The first-order valence-electron chi connectivity index (χ1n) is 30.6. The van der Waals surface area contributed by atoms with Gasteiger partial charge in [0.15, 0.2) is 0 Å². The molecule has 18 rings (SSSR count). The SMILES string of the molecule is C1=CCCC=C1.C1=Cc2c3c(cc4cccc(c24)C1)=CCCC=3.C1=c2cc3cc4ccccc4cc3cc2=CCC1.C1=c2cc3ccc4ccccc4c3cc2=CCC1.C1=c2cc3ccccc3cc2=CCC1.C1=c2ccccc2=CCC1. The first-order chi connectivity index (χ1) is 41.1. The number of allylic oxidation sites excluding steroid dienone is 5. The van der Waals surface area contributed by atoms with Crippen LogP contribution in [0.15, 0.2) is 212 Å². The number of hydrogen-bond donors (Lipinski definition) is 0. The second kappa shape index (κ2) is 25.4. The third-order valence-corrected chi connectivity index (χ3v) is 17.1. The summed E-state index contributed by atoms with van der Waals surface area (Å²) < 4.78 is 0. The van der Waals surface area contributed by atoms with Crippen molar-refractivity contribution in [3.05, 3.63) is 276 Å². The van der Waals surface area contributed by atoms with Crippen LogP contribution in [0.3, 0.4) is 0 Å². The van der Waals surface area contributed by atoms with E-state index < -0.39 is 0 Å². The maximum absolute atomic E-state index is 2.40. The minimum Gasteiger partial charge on any atom is -0.0842 e. The highest BCUT2D eigenvalue weighted by Crippen LogP contribution is 2.27. The molecule has 0 saturated carbocycles. The molecule has 0 aliphatic heterocycles. The molecule has 7 aliphatic carbocycles. The Bertz CT molecular complexity index is 4850. The van der Waals surface area contributed by atoms with E-state index in [1.165, 1.54) is 205 Å². The van der Waals surface area contributed by atoms with Gasteiger partial charge in [0.05, 0.1) is 0 Å². The lowest BCUT2D eigenvalue weighted by Gasteiger charge is -2.15. The van der Waals surface area contributed by atoms with Crippen LogP contribution in [0.25, 0.3) is 131 Å². The van der Waals surface area contributed by atoms with Crippen molar-refractivity contribution in [2.75, 3.05) is 0 Å². The van der Waals surface area contributed by atoms with Crippen molar-refractivity contribution in [3.8, 4) is 0 Å². The first-order valence-corrected chi connectivity index (χ1v) is 30.6. The molecular formula is C83H72. The molecule has 0 fully saturated rings. The van der Waals surface area contributed by atoms with Crippen LogP contribution < -0.4 is 52.2 Å². The number of rotatable bonds is 0. The van der Waals surface area contributed by atoms with Gasteiger partial charge in [-0.05, 0) is 266 Å². The summed E-state index contributed by atoms with van der Waals surface area (Å²) in [5.74, 6) is 0. The molecule has 0 heterocycles. The normalized spacial score (nSPS) is 14.9. The summed E-state index contributed by atoms with van der Waals surface area (Å²) in [5.41, 5.74) is 2.91. The third-order valence-electron chi connectivity index (χ3n) is 17.1. The fourth-order valence-corrected chi connectivity index (χ4v) is 12.9. The van der Waals surface area contributed by atoms with E-state index in [9.17, 15) is 0 Å². The van der Waals surface area contributed by atoms with Gasteiger partial charge in [0.2, 0.25) is 0 Å². The Morgan fingerprint density at radius 2 is 0.627 bits per heavy atom. The Labute approximate surface area is 487 Å². The smallest absolute Gasteiger partial charge is 0.00700 e. The van der Waals surface area contributed by atoms with Crippen molar-refractivity contribution in [3.63, 3.8) is 0 Å². The minimum atomic E-state index is 1.08. The fourth-order valence-electron chi connectivity index (χ4n) is 12.9. The van der Waals surface area contributed by atoms with Crippen LogP contribution in [0, 0.1) is 0 Å². The zero-order valence-corrected chi connectivity index (χ0v) is 47.8. The second-order valence-electron chi connectivity index (χ2n) is 22.8. The van der Waals surface area contributed by atoms with E-state index >= 15 is 0 Å². The predicted molar refractivity (Wildman–Crippen MR) is 365 cm³/mol. The molecule has 0 unspecified atom stereocenters. The topological polar surface area (TPSA) is 0 Å². The van der Waals surface area contributed by atoms with Gasteiger partial charge in [-0.3, -0.25) is 0 Å². The summed E-state index contributed by atoms with van der Waals surface area (Å²) >= 11 is 0. The molecule has 0 nitrogen and oxygen atoms in total. The van der Waals surface area contributed by atoms with Crippen LogP contribution in [0.1, 0.15) is 88.2 Å². The van der Waals surface area contributed by atoms with E-state index in [4.69, 9.17) is 0 Å². The summed E-state index contributed by atoms with van der Waals surface area (Å²) in [5, 5.41) is 30.3. The van der Waals surface area contributed by atoms with Crippen molar-refractivity contribution in [2.45, 2.75) is 83.5 Å². The predicted octanol–water partition coefficient (Wildman–Crippen LogP) is 14.6. The fraction of sp³-hybridized carbons (Fsp3) is 0.157. The van der Waals surface area contributed by atoms with E-state index in [1.54, 1.807) is 0 Å². The maximum Gasteiger partial charge on any atom is -0.00700 e. The molecule has 7 aliphatic rings. The van der Waals surface area contributed by atoms with Gasteiger partial charge in [-0.15, -0.1) is 0 Å². The van der Waals surface area contributed by atoms with Crippen LogP contribution in [-0.4, -0.2) is 0 Å². The quantitative estimate of drug-likeness (QED) is 0.105. The van der Waals surface area contributed by atoms with Crippen LogP contribution in [-0.2, 0) is 6.42 Å². The molecule has 404 valence electrons. The number of hydrogen-bond acceptors (Lipinski definition) is 0. The Hall–Kier alpha value is -9.10. The van der Waals surface area contributed by atoms with Crippen molar-refractivity contribution < 1.29 is 0 Å². The first kappa shape index (κ1) is 53.2. The zero-order valence-electron chi connectivity index (χ0n) is 47.8. The molecule has 0 radical (unpaired) electrons. The van der Waals surface area contributed by atoms with Gasteiger partial charge in [0.1, 0.15) is 0 Å². The Balaban J connectivity index is 0.0000000957. The van der Waals surface area contributed by atoms with Gasteiger partial charge in [-0.1, -0.05) is 225 Å². The molecule has 11 aromatic carbocycles. The molecule has 0 spiro atoms. The van der Waals surface area contributed by atoms with E-state index in [0.717, 1.165) is 6.42 Å². The van der Waals surface area contributed by atoms with Gasteiger partial charge in [-0.25, -0.2) is 0 Å². The lowest BCUT2D eigenvalue weighted by Crippen LogP contribution is -2.30. The average molecular weight is 1070 g/mol. The highest BCUT2D eigenvalue weighted by atomic mass is 14.2. The van der Waals surface area contributed by atoms with Gasteiger partial charge < -0.3 is 0 Å². The van der Waals surface area contributed by atoms with E-state index in [2.05, 4.69) is 279 Å². The van der Waals surface area contributed by atoms with Crippen molar-refractivity contribution >= 4 is 131 Å². The highest BCUT2D eigenvalue weighted by Gasteiger charge is 2.11. The number of benzene rings is 11. The molecule has 0 amide bonds. The van der Waals surface area contributed by atoms with E-state index in [1.807, 2.05) is 0 Å². The molecular weight excluding hydrogens is 997 g/mol. The molecule has 11 aromatic rings. The van der Waals surface area contributed by atoms with Crippen LogP contribution in [0.2, 0.25) is 0 Å². The zero-order chi connectivity index (χ0) is 55.6. The molecule has 0 aromatic heterocycles. The van der Waals surface area contributed by atoms with Crippen molar-refractivity contribution in [2.24, 2.45) is 0 Å².